The van der Waals surface area contributed by atoms with Gasteiger partial charge in [0, 0.05) is 45.6 Å². The molecule has 0 atom stereocenters. The SMILES string of the molecule is Brc1ccc2c3c(n(-c4cc(-c5ccccn5)cc(-c5ccccn5)c4)c2c1)C=CCN3. The van der Waals surface area contributed by atoms with Gasteiger partial charge >= 0.3 is 0 Å². The van der Waals surface area contributed by atoms with E-state index in [1.54, 1.807) is 0 Å². The summed E-state index contributed by atoms with van der Waals surface area (Å²) in [6.45, 7) is 0.829. The topological polar surface area (TPSA) is 42.7 Å². The summed E-state index contributed by atoms with van der Waals surface area (Å²) in [7, 11) is 0. The fourth-order valence-corrected chi connectivity index (χ4v) is 4.69. The lowest BCUT2D eigenvalue weighted by molar-refractivity contribution is 1.09. The molecule has 154 valence electrons. The maximum Gasteiger partial charge on any atom is 0.0702 e. The van der Waals surface area contributed by atoms with E-state index < -0.39 is 0 Å². The molecule has 0 fully saturated rings. The molecule has 0 aliphatic carbocycles. The van der Waals surface area contributed by atoms with Gasteiger partial charge < -0.3 is 9.88 Å². The third-order valence-electron chi connectivity index (χ3n) is 5.74. The highest BCUT2D eigenvalue weighted by Crippen LogP contribution is 2.39. The van der Waals surface area contributed by atoms with Crippen molar-refractivity contribution >= 4 is 38.6 Å². The molecule has 0 saturated carbocycles. The Balaban J connectivity index is 1.67. The van der Waals surface area contributed by atoms with E-state index in [4.69, 9.17) is 0 Å². The van der Waals surface area contributed by atoms with Gasteiger partial charge in [-0.05, 0) is 66.7 Å². The third-order valence-corrected chi connectivity index (χ3v) is 6.23. The number of fused-ring (bicyclic) bond motifs is 3. The van der Waals surface area contributed by atoms with E-state index in [1.165, 1.54) is 5.39 Å². The van der Waals surface area contributed by atoms with Crippen LogP contribution in [0.4, 0.5) is 5.69 Å². The number of anilines is 1. The molecule has 0 unspecified atom stereocenters. The molecule has 6 rings (SSSR count). The summed E-state index contributed by atoms with van der Waals surface area (Å²) in [4.78, 5) is 9.21. The largest absolute Gasteiger partial charge is 0.379 e. The maximum absolute atomic E-state index is 4.61. The number of hydrogen-bond donors (Lipinski definition) is 1. The summed E-state index contributed by atoms with van der Waals surface area (Å²) in [6.07, 6.45) is 8.03. The van der Waals surface area contributed by atoms with Gasteiger partial charge in [-0.3, -0.25) is 9.97 Å². The molecule has 0 saturated heterocycles. The number of benzene rings is 2. The second-order valence-corrected chi connectivity index (χ2v) is 8.65. The quantitative estimate of drug-likeness (QED) is 0.304. The Kier molecular flexibility index (Phi) is 4.62. The van der Waals surface area contributed by atoms with Crippen LogP contribution in [0, 0.1) is 0 Å². The molecule has 1 N–H and O–H groups in total. The van der Waals surface area contributed by atoms with Crippen molar-refractivity contribution in [2.75, 3.05) is 11.9 Å². The van der Waals surface area contributed by atoms with Gasteiger partial charge in [0.15, 0.2) is 0 Å². The zero-order valence-electron chi connectivity index (χ0n) is 17.2. The van der Waals surface area contributed by atoms with Crippen molar-refractivity contribution in [3.8, 4) is 28.2 Å². The summed E-state index contributed by atoms with van der Waals surface area (Å²) in [5, 5.41) is 4.76. The van der Waals surface area contributed by atoms with Gasteiger partial charge in [-0.2, -0.15) is 0 Å². The van der Waals surface area contributed by atoms with E-state index in [-0.39, 0.29) is 0 Å². The fourth-order valence-electron chi connectivity index (χ4n) is 4.34. The van der Waals surface area contributed by atoms with Crippen molar-refractivity contribution in [2.45, 2.75) is 0 Å². The van der Waals surface area contributed by atoms with Crippen molar-refractivity contribution in [3.63, 3.8) is 0 Å². The number of aromatic nitrogens is 3. The van der Waals surface area contributed by atoms with Crippen LogP contribution in [0.1, 0.15) is 5.69 Å². The molecule has 32 heavy (non-hydrogen) atoms. The molecule has 0 spiro atoms. The van der Waals surface area contributed by atoms with Gasteiger partial charge in [-0.1, -0.05) is 34.1 Å². The van der Waals surface area contributed by atoms with Crippen molar-refractivity contribution < 1.29 is 0 Å². The lowest BCUT2D eigenvalue weighted by Gasteiger charge is -2.16. The predicted octanol–water partition coefficient (Wildman–Crippen LogP) is 6.96. The Morgan fingerprint density at radius 1 is 0.812 bits per heavy atom. The molecule has 1 aliphatic heterocycles. The van der Waals surface area contributed by atoms with E-state index in [0.29, 0.717) is 0 Å². The number of rotatable bonds is 3. The Morgan fingerprint density at radius 2 is 1.53 bits per heavy atom. The molecule has 0 bridgehead atoms. The highest BCUT2D eigenvalue weighted by Gasteiger charge is 2.20. The van der Waals surface area contributed by atoms with Gasteiger partial charge in [0.2, 0.25) is 0 Å². The van der Waals surface area contributed by atoms with Gasteiger partial charge in [-0.15, -0.1) is 0 Å². The van der Waals surface area contributed by atoms with E-state index in [2.05, 4.69) is 84.3 Å². The van der Waals surface area contributed by atoms with Crippen molar-refractivity contribution in [3.05, 3.63) is 101 Å². The van der Waals surface area contributed by atoms with E-state index in [9.17, 15) is 0 Å². The molecule has 1 aliphatic rings. The predicted molar refractivity (Wildman–Crippen MR) is 135 cm³/mol. The van der Waals surface area contributed by atoms with Crippen LogP contribution in [-0.2, 0) is 0 Å². The molecule has 4 nitrogen and oxygen atoms in total. The highest BCUT2D eigenvalue weighted by atomic mass is 79.9. The normalized spacial score (nSPS) is 12.5. The van der Waals surface area contributed by atoms with Gasteiger partial charge in [0.05, 0.1) is 28.3 Å². The monoisotopic (exact) mass is 478 g/mol. The van der Waals surface area contributed by atoms with Gasteiger partial charge in [-0.25, -0.2) is 0 Å². The number of nitrogens with one attached hydrogen (secondary N) is 1. The van der Waals surface area contributed by atoms with E-state index >= 15 is 0 Å². The second kappa shape index (κ2) is 7.77. The first-order chi connectivity index (χ1) is 15.8. The summed E-state index contributed by atoms with van der Waals surface area (Å²) < 4.78 is 3.37. The summed E-state index contributed by atoms with van der Waals surface area (Å²) >= 11 is 3.66. The molecule has 2 aromatic carbocycles. The Hall–Kier alpha value is -3.70. The molecule has 4 heterocycles. The second-order valence-electron chi connectivity index (χ2n) is 7.74. The lowest BCUT2D eigenvalue weighted by atomic mass is 10.0. The summed E-state index contributed by atoms with van der Waals surface area (Å²) in [6, 6.07) is 25.0. The number of hydrogen-bond acceptors (Lipinski definition) is 3. The van der Waals surface area contributed by atoms with Crippen LogP contribution in [0.3, 0.4) is 0 Å². The summed E-state index contributed by atoms with van der Waals surface area (Å²) in [5.41, 5.74) is 8.52. The molecule has 0 amide bonds. The minimum absolute atomic E-state index is 0.829. The molecular weight excluding hydrogens is 460 g/mol. The first kappa shape index (κ1) is 19.0. The first-order valence-corrected chi connectivity index (χ1v) is 11.3. The Morgan fingerprint density at radius 3 is 2.19 bits per heavy atom. The van der Waals surface area contributed by atoms with Crippen LogP contribution < -0.4 is 5.32 Å². The van der Waals surface area contributed by atoms with Crippen molar-refractivity contribution in [1.82, 2.24) is 14.5 Å². The van der Waals surface area contributed by atoms with Crippen LogP contribution in [0.25, 0.3) is 45.2 Å². The van der Waals surface area contributed by atoms with Gasteiger partial charge in [0.25, 0.3) is 0 Å². The Bertz CT molecular complexity index is 1410. The number of halogens is 1. The smallest absolute Gasteiger partial charge is 0.0702 e. The standard InChI is InChI=1S/C27H19BrN4/c28-20-9-10-22-26(17-20)32(25-8-5-13-31-27(22)25)21-15-18(23-6-1-3-11-29-23)14-19(16-21)24-7-2-4-12-30-24/h1-12,14-17,31H,13H2. The lowest BCUT2D eigenvalue weighted by Crippen LogP contribution is -2.06. The third kappa shape index (κ3) is 3.22. The highest BCUT2D eigenvalue weighted by molar-refractivity contribution is 9.10. The molecule has 3 aromatic heterocycles. The van der Waals surface area contributed by atoms with Crippen LogP contribution in [0.2, 0.25) is 0 Å². The Labute approximate surface area is 194 Å². The molecule has 5 aromatic rings. The summed E-state index contributed by atoms with van der Waals surface area (Å²) in [5.74, 6) is 0. The average Bonchev–Trinajstić information content (AvgIpc) is 3.18. The minimum Gasteiger partial charge on any atom is -0.379 e. The molecule has 0 radical (unpaired) electrons. The van der Waals surface area contributed by atoms with E-state index in [1.807, 2.05) is 48.8 Å². The van der Waals surface area contributed by atoms with Crippen molar-refractivity contribution in [1.29, 1.82) is 0 Å². The van der Waals surface area contributed by atoms with Crippen LogP contribution in [-0.4, -0.2) is 21.1 Å². The zero-order valence-corrected chi connectivity index (χ0v) is 18.8. The molecule has 5 heteroatoms. The fraction of sp³-hybridized carbons (Fsp3) is 0.0370. The number of pyridine rings is 2. The number of nitrogens with zero attached hydrogens (tertiary/aromatic N) is 3. The van der Waals surface area contributed by atoms with Crippen molar-refractivity contribution in [2.24, 2.45) is 0 Å². The van der Waals surface area contributed by atoms with Crippen LogP contribution in [0.5, 0.6) is 0 Å². The van der Waals surface area contributed by atoms with Gasteiger partial charge in [0.1, 0.15) is 0 Å². The minimum atomic E-state index is 0.829. The molecular formula is C27H19BrN4. The zero-order chi connectivity index (χ0) is 21.5. The maximum atomic E-state index is 4.61. The van der Waals surface area contributed by atoms with Crippen LogP contribution in [0.15, 0.2) is 95.7 Å². The van der Waals surface area contributed by atoms with E-state index in [0.717, 1.165) is 56.1 Å². The average molecular weight is 479 g/mol. The first-order valence-electron chi connectivity index (χ1n) is 10.5. The van der Waals surface area contributed by atoms with Crippen LogP contribution >= 0.6 is 15.9 Å².